The predicted molar refractivity (Wildman–Crippen MR) is 70.2 cm³/mol. The molecule has 1 aliphatic rings. The highest BCUT2D eigenvalue weighted by Gasteiger charge is 2.24. The molecule has 7 heteroatoms. The zero-order chi connectivity index (χ0) is 13.8. The van der Waals surface area contributed by atoms with E-state index in [4.69, 9.17) is 0 Å². The summed E-state index contributed by atoms with van der Waals surface area (Å²) in [6.07, 6.45) is 5.15. The van der Waals surface area contributed by atoms with Crippen LogP contribution in [0.1, 0.15) is 36.0 Å². The fourth-order valence-corrected chi connectivity index (χ4v) is 2.25. The number of hydrogen-bond acceptors (Lipinski definition) is 5. The molecule has 1 aliphatic carbocycles. The second-order valence-electron chi connectivity index (χ2n) is 4.55. The minimum Gasteiger partial charge on any atom is -0.373 e. The van der Waals surface area contributed by atoms with Crippen LogP contribution in [-0.2, 0) is 0 Å². The van der Waals surface area contributed by atoms with Gasteiger partial charge in [-0.25, -0.2) is 4.98 Å². The van der Waals surface area contributed by atoms with Crippen molar-refractivity contribution in [3.63, 3.8) is 0 Å². The van der Waals surface area contributed by atoms with Gasteiger partial charge in [-0.1, -0.05) is 12.8 Å². The third-order valence-corrected chi connectivity index (χ3v) is 3.27. The number of nitro groups is 1. The molecule has 0 atom stereocenters. The maximum atomic E-state index is 12.1. The first-order valence-corrected chi connectivity index (χ1v) is 6.25. The molecule has 0 bridgehead atoms. The van der Waals surface area contributed by atoms with Crippen molar-refractivity contribution in [3.05, 3.63) is 27.9 Å². The zero-order valence-corrected chi connectivity index (χ0v) is 10.7. The molecule has 0 radical (unpaired) electrons. The van der Waals surface area contributed by atoms with Gasteiger partial charge in [-0.3, -0.25) is 14.9 Å². The quantitative estimate of drug-likeness (QED) is 0.637. The van der Waals surface area contributed by atoms with E-state index in [-0.39, 0.29) is 17.3 Å². The molecule has 1 heterocycles. The molecule has 2 N–H and O–H groups in total. The van der Waals surface area contributed by atoms with Crippen molar-refractivity contribution in [1.82, 2.24) is 10.3 Å². The lowest BCUT2D eigenvalue weighted by Crippen LogP contribution is -2.33. The van der Waals surface area contributed by atoms with Crippen LogP contribution in [0.4, 0.5) is 11.5 Å². The highest BCUT2D eigenvalue weighted by atomic mass is 16.6. The van der Waals surface area contributed by atoms with Gasteiger partial charge in [0, 0.05) is 19.2 Å². The Balaban J connectivity index is 2.24. The van der Waals surface area contributed by atoms with Crippen LogP contribution in [0.25, 0.3) is 0 Å². The highest BCUT2D eigenvalue weighted by Crippen LogP contribution is 2.22. The van der Waals surface area contributed by atoms with Crippen molar-refractivity contribution >= 4 is 17.4 Å². The molecule has 0 aliphatic heterocycles. The number of rotatable bonds is 4. The van der Waals surface area contributed by atoms with Gasteiger partial charge in [0.15, 0.2) is 0 Å². The van der Waals surface area contributed by atoms with Crippen LogP contribution >= 0.6 is 0 Å². The number of amides is 1. The average Bonchev–Trinajstić information content (AvgIpc) is 2.90. The summed E-state index contributed by atoms with van der Waals surface area (Å²) in [5.41, 5.74) is -0.217. The summed E-state index contributed by atoms with van der Waals surface area (Å²) in [6, 6.07) is 1.53. The van der Waals surface area contributed by atoms with Gasteiger partial charge < -0.3 is 10.6 Å². The molecule has 1 fully saturated rings. The molecule has 7 nitrogen and oxygen atoms in total. The van der Waals surface area contributed by atoms with Gasteiger partial charge in [0.05, 0.1) is 4.92 Å². The average molecular weight is 264 g/mol. The Kier molecular flexibility index (Phi) is 3.94. The number of aromatic nitrogens is 1. The van der Waals surface area contributed by atoms with Crippen LogP contribution < -0.4 is 10.6 Å². The Morgan fingerprint density at radius 3 is 2.74 bits per heavy atom. The van der Waals surface area contributed by atoms with Gasteiger partial charge >= 0.3 is 0 Å². The molecule has 1 amide bonds. The summed E-state index contributed by atoms with van der Waals surface area (Å²) in [5, 5.41) is 16.5. The van der Waals surface area contributed by atoms with E-state index >= 15 is 0 Å². The lowest BCUT2D eigenvalue weighted by atomic mass is 10.1. The summed E-state index contributed by atoms with van der Waals surface area (Å²) in [6.45, 7) is 0. The van der Waals surface area contributed by atoms with Gasteiger partial charge in [0.2, 0.25) is 0 Å². The van der Waals surface area contributed by atoms with Crippen LogP contribution in [0.15, 0.2) is 12.3 Å². The molecule has 1 aromatic heterocycles. The first-order valence-electron chi connectivity index (χ1n) is 6.25. The normalized spacial score (nSPS) is 15.2. The fourth-order valence-electron chi connectivity index (χ4n) is 2.25. The SMILES string of the molecule is CNc1cc(C(=O)NC2CCCC2)c([N+](=O)[O-])cn1. The summed E-state index contributed by atoms with van der Waals surface area (Å²) in [4.78, 5) is 26.3. The van der Waals surface area contributed by atoms with E-state index in [0.717, 1.165) is 31.9 Å². The molecular weight excluding hydrogens is 248 g/mol. The van der Waals surface area contributed by atoms with Crippen molar-refractivity contribution in [2.75, 3.05) is 12.4 Å². The number of hydrogen-bond donors (Lipinski definition) is 2. The van der Waals surface area contributed by atoms with Crippen LogP contribution in [-0.4, -0.2) is 28.9 Å². The van der Waals surface area contributed by atoms with Gasteiger partial charge in [-0.05, 0) is 12.8 Å². The summed E-state index contributed by atoms with van der Waals surface area (Å²) in [7, 11) is 1.65. The minimum atomic E-state index is -0.587. The number of nitrogens with one attached hydrogen (secondary N) is 2. The lowest BCUT2D eigenvalue weighted by Gasteiger charge is -2.12. The van der Waals surface area contributed by atoms with Crippen molar-refractivity contribution in [2.24, 2.45) is 0 Å². The van der Waals surface area contributed by atoms with E-state index in [2.05, 4.69) is 15.6 Å². The molecule has 102 valence electrons. The van der Waals surface area contributed by atoms with E-state index < -0.39 is 10.8 Å². The molecule has 1 saturated carbocycles. The first kappa shape index (κ1) is 13.3. The standard InChI is InChI=1S/C12H16N4O3/c1-13-11-6-9(10(7-14-11)16(18)19)12(17)15-8-4-2-3-5-8/h6-8H,2-5H2,1H3,(H,13,14)(H,15,17). The third-order valence-electron chi connectivity index (χ3n) is 3.27. The Morgan fingerprint density at radius 1 is 1.47 bits per heavy atom. The topological polar surface area (TPSA) is 97.2 Å². The number of carbonyl (C=O) groups excluding carboxylic acids is 1. The number of pyridine rings is 1. The molecular formula is C12H16N4O3. The Hall–Kier alpha value is -2.18. The molecule has 0 saturated heterocycles. The second-order valence-corrected chi connectivity index (χ2v) is 4.55. The predicted octanol–water partition coefficient (Wildman–Crippen LogP) is 1.70. The van der Waals surface area contributed by atoms with Crippen LogP contribution in [0.3, 0.4) is 0 Å². The van der Waals surface area contributed by atoms with Crippen LogP contribution in [0.2, 0.25) is 0 Å². The summed E-state index contributed by atoms with van der Waals surface area (Å²) in [5.74, 6) is 0.0275. The molecule has 0 aromatic carbocycles. The largest absolute Gasteiger partial charge is 0.373 e. The maximum absolute atomic E-state index is 12.1. The number of nitrogens with zero attached hydrogens (tertiary/aromatic N) is 2. The Bertz CT molecular complexity index is 498. The van der Waals surface area contributed by atoms with E-state index in [9.17, 15) is 14.9 Å². The molecule has 0 unspecified atom stereocenters. The van der Waals surface area contributed by atoms with Gasteiger partial charge in [0.1, 0.15) is 17.6 Å². The molecule has 0 spiro atoms. The maximum Gasteiger partial charge on any atom is 0.300 e. The fraction of sp³-hybridized carbons (Fsp3) is 0.500. The highest BCUT2D eigenvalue weighted by molar-refractivity contribution is 5.98. The number of anilines is 1. The Morgan fingerprint density at radius 2 is 2.16 bits per heavy atom. The van der Waals surface area contributed by atoms with Crippen LogP contribution in [0.5, 0.6) is 0 Å². The van der Waals surface area contributed by atoms with E-state index in [1.54, 1.807) is 7.05 Å². The lowest BCUT2D eigenvalue weighted by molar-refractivity contribution is -0.385. The van der Waals surface area contributed by atoms with Crippen LogP contribution in [0, 0.1) is 10.1 Å². The first-order chi connectivity index (χ1) is 9.11. The van der Waals surface area contributed by atoms with E-state index in [0.29, 0.717) is 5.82 Å². The smallest absolute Gasteiger partial charge is 0.300 e. The second kappa shape index (κ2) is 5.64. The molecule has 1 aromatic rings. The van der Waals surface area contributed by atoms with Crippen molar-refractivity contribution in [2.45, 2.75) is 31.7 Å². The summed E-state index contributed by atoms with van der Waals surface area (Å²) >= 11 is 0. The van der Waals surface area contributed by atoms with Gasteiger partial charge in [0.25, 0.3) is 11.6 Å². The monoisotopic (exact) mass is 264 g/mol. The minimum absolute atomic E-state index is 0.0521. The van der Waals surface area contributed by atoms with E-state index in [1.807, 2.05) is 0 Å². The van der Waals surface area contributed by atoms with Gasteiger partial charge in [-0.2, -0.15) is 0 Å². The zero-order valence-electron chi connectivity index (χ0n) is 10.7. The number of carbonyl (C=O) groups is 1. The van der Waals surface area contributed by atoms with Crippen molar-refractivity contribution in [1.29, 1.82) is 0 Å². The van der Waals surface area contributed by atoms with E-state index in [1.165, 1.54) is 6.07 Å². The van der Waals surface area contributed by atoms with Crippen molar-refractivity contribution < 1.29 is 9.72 Å². The van der Waals surface area contributed by atoms with Gasteiger partial charge in [-0.15, -0.1) is 0 Å². The van der Waals surface area contributed by atoms with Crippen molar-refractivity contribution in [3.8, 4) is 0 Å². The molecule has 19 heavy (non-hydrogen) atoms. The summed E-state index contributed by atoms with van der Waals surface area (Å²) < 4.78 is 0. The Labute approximate surface area is 110 Å². The molecule has 2 rings (SSSR count). The third kappa shape index (κ3) is 2.98.